The van der Waals surface area contributed by atoms with Crippen molar-refractivity contribution in [3.63, 3.8) is 0 Å². The van der Waals surface area contributed by atoms with E-state index in [2.05, 4.69) is 10.3 Å². The fourth-order valence-corrected chi connectivity index (χ4v) is 3.00. The van der Waals surface area contributed by atoms with E-state index in [4.69, 9.17) is 13.9 Å². The average molecular weight is 364 g/mol. The van der Waals surface area contributed by atoms with Gasteiger partial charge in [0.05, 0.1) is 12.1 Å². The third-order valence-corrected chi connectivity index (χ3v) is 4.42. The first-order chi connectivity index (χ1) is 13.1. The Hall–Kier alpha value is -3.28. The summed E-state index contributed by atoms with van der Waals surface area (Å²) in [5, 5.41) is 2.87. The van der Waals surface area contributed by atoms with Crippen molar-refractivity contribution in [3.8, 4) is 23.0 Å². The first-order valence-corrected chi connectivity index (χ1v) is 8.82. The highest BCUT2D eigenvalue weighted by Gasteiger charge is 2.17. The van der Waals surface area contributed by atoms with E-state index in [0.717, 1.165) is 11.1 Å². The highest BCUT2D eigenvalue weighted by molar-refractivity contribution is 5.92. The second-order valence-corrected chi connectivity index (χ2v) is 6.42. The molecule has 0 spiro atoms. The quantitative estimate of drug-likeness (QED) is 0.760. The predicted octanol–water partition coefficient (Wildman–Crippen LogP) is 3.91. The lowest BCUT2D eigenvalue weighted by molar-refractivity contribution is -0.115. The zero-order chi connectivity index (χ0) is 18.8. The average Bonchev–Trinajstić information content (AvgIpc) is 3.02. The van der Waals surface area contributed by atoms with Crippen LogP contribution in [0.3, 0.4) is 0 Å². The Kier molecular flexibility index (Phi) is 4.54. The summed E-state index contributed by atoms with van der Waals surface area (Å²) in [5.74, 6) is 2.34. The third-order valence-electron chi connectivity index (χ3n) is 4.42. The number of fused-ring (bicyclic) bond motifs is 1. The molecule has 0 bridgehead atoms. The molecular formula is C21H20N2O4. The fraction of sp³-hybridized carbons (Fsp3) is 0.238. The topological polar surface area (TPSA) is 73.6 Å². The molecule has 3 aromatic rings. The number of hydrogen-bond donors (Lipinski definition) is 1. The highest BCUT2D eigenvalue weighted by atomic mass is 16.6. The third kappa shape index (κ3) is 3.65. The van der Waals surface area contributed by atoms with Gasteiger partial charge in [0.1, 0.15) is 19.0 Å². The van der Waals surface area contributed by atoms with Crippen LogP contribution in [0.2, 0.25) is 0 Å². The smallest absolute Gasteiger partial charge is 0.230 e. The molecule has 0 radical (unpaired) electrons. The minimum Gasteiger partial charge on any atom is -0.486 e. The van der Waals surface area contributed by atoms with Crippen molar-refractivity contribution in [2.24, 2.45) is 0 Å². The number of oxazole rings is 1. The first kappa shape index (κ1) is 17.1. The van der Waals surface area contributed by atoms with Gasteiger partial charge in [-0.3, -0.25) is 4.79 Å². The number of amides is 1. The molecule has 0 saturated carbocycles. The molecule has 0 fully saturated rings. The number of rotatable bonds is 4. The monoisotopic (exact) mass is 364 g/mol. The van der Waals surface area contributed by atoms with E-state index in [1.807, 2.05) is 38.1 Å². The summed E-state index contributed by atoms with van der Waals surface area (Å²) in [6, 6.07) is 13.2. The van der Waals surface area contributed by atoms with Crippen LogP contribution in [0.5, 0.6) is 11.5 Å². The summed E-state index contributed by atoms with van der Waals surface area (Å²) in [7, 11) is 0. The summed E-state index contributed by atoms with van der Waals surface area (Å²) in [4.78, 5) is 17.0. The summed E-state index contributed by atoms with van der Waals surface area (Å²) < 4.78 is 16.8. The Labute approximate surface area is 157 Å². The molecule has 1 aromatic heterocycles. The van der Waals surface area contributed by atoms with Gasteiger partial charge in [-0.2, -0.15) is 0 Å². The number of anilines is 1. The van der Waals surface area contributed by atoms with E-state index >= 15 is 0 Å². The standard InChI is InChI=1S/C21H20N2O4/c1-13-5-3-4-6-16(13)21-23-17(14(2)27-21)12-20(24)22-15-7-8-18-19(11-15)26-10-9-25-18/h3-8,11H,9-10,12H2,1-2H3,(H,22,24). The van der Waals surface area contributed by atoms with Crippen LogP contribution in [0.4, 0.5) is 5.69 Å². The molecule has 138 valence electrons. The van der Waals surface area contributed by atoms with Crippen LogP contribution in [-0.2, 0) is 11.2 Å². The summed E-state index contributed by atoms with van der Waals surface area (Å²) in [5.41, 5.74) is 3.29. The number of aromatic nitrogens is 1. The van der Waals surface area contributed by atoms with Crippen LogP contribution in [0.15, 0.2) is 46.9 Å². The Bertz CT molecular complexity index is 994. The lowest BCUT2D eigenvalue weighted by Gasteiger charge is -2.18. The van der Waals surface area contributed by atoms with E-state index in [0.29, 0.717) is 47.7 Å². The predicted molar refractivity (Wildman–Crippen MR) is 101 cm³/mol. The minimum atomic E-state index is -0.167. The summed E-state index contributed by atoms with van der Waals surface area (Å²) >= 11 is 0. The molecule has 1 N–H and O–H groups in total. The maximum Gasteiger partial charge on any atom is 0.230 e. The van der Waals surface area contributed by atoms with Crippen molar-refractivity contribution >= 4 is 11.6 Å². The van der Waals surface area contributed by atoms with E-state index in [9.17, 15) is 4.79 Å². The van der Waals surface area contributed by atoms with Crippen molar-refractivity contribution in [1.82, 2.24) is 4.98 Å². The largest absolute Gasteiger partial charge is 0.486 e. The Morgan fingerprint density at radius 1 is 1.07 bits per heavy atom. The molecule has 1 aliphatic rings. The number of carbonyl (C=O) groups is 1. The number of ether oxygens (including phenoxy) is 2. The van der Waals surface area contributed by atoms with E-state index in [1.54, 1.807) is 18.2 Å². The second-order valence-electron chi connectivity index (χ2n) is 6.42. The highest BCUT2D eigenvalue weighted by Crippen LogP contribution is 2.32. The van der Waals surface area contributed by atoms with Crippen LogP contribution >= 0.6 is 0 Å². The number of nitrogens with zero attached hydrogens (tertiary/aromatic N) is 1. The van der Waals surface area contributed by atoms with E-state index in [-0.39, 0.29) is 12.3 Å². The normalized spacial score (nSPS) is 12.7. The molecule has 6 heteroatoms. The van der Waals surface area contributed by atoms with Crippen LogP contribution in [0, 0.1) is 13.8 Å². The van der Waals surface area contributed by atoms with Gasteiger partial charge in [-0.05, 0) is 37.6 Å². The Morgan fingerprint density at radius 3 is 2.67 bits per heavy atom. The number of hydrogen-bond acceptors (Lipinski definition) is 5. The van der Waals surface area contributed by atoms with Crippen LogP contribution in [0.25, 0.3) is 11.5 Å². The van der Waals surface area contributed by atoms with E-state index in [1.165, 1.54) is 0 Å². The van der Waals surface area contributed by atoms with Crippen molar-refractivity contribution < 1.29 is 18.7 Å². The van der Waals surface area contributed by atoms with Gasteiger partial charge in [0.15, 0.2) is 11.5 Å². The SMILES string of the molecule is Cc1ccccc1-c1nc(CC(=O)Nc2ccc3c(c2)OCCO3)c(C)o1. The van der Waals surface area contributed by atoms with Crippen molar-refractivity contribution in [2.75, 3.05) is 18.5 Å². The summed E-state index contributed by atoms with van der Waals surface area (Å²) in [6.07, 6.45) is 0.135. The number of nitrogens with one attached hydrogen (secondary N) is 1. The van der Waals surface area contributed by atoms with Crippen molar-refractivity contribution in [3.05, 3.63) is 59.5 Å². The van der Waals surface area contributed by atoms with Gasteiger partial charge < -0.3 is 19.2 Å². The lowest BCUT2D eigenvalue weighted by Crippen LogP contribution is -2.17. The molecule has 4 rings (SSSR count). The molecule has 2 aromatic carbocycles. The molecule has 2 heterocycles. The zero-order valence-electron chi connectivity index (χ0n) is 15.2. The van der Waals surface area contributed by atoms with Crippen LogP contribution in [0.1, 0.15) is 17.0 Å². The van der Waals surface area contributed by atoms with Gasteiger partial charge >= 0.3 is 0 Å². The van der Waals surface area contributed by atoms with Gasteiger partial charge in [-0.1, -0.05) is 18.2 Å². The fourth-order valence-electron chi connectivity index (χ4n) is 3.00. The summed E-state index contributed by atoms with van der Waals surface area (Å²) in [6.45, 7) is 4.86. The minimum absolute atomic E-state index is 0.135. The Balaban J connectivity index is 1.48. The van der Waals surface area contributed by atoms with Gasteiger partial charge in [0.25, 0.3) is 0 Å². The molecule has 1 amide bonds. The molecular weight excluding hydrogens is 344 g/mol. The molecule has 0 unspecified atom stereocenters. The number of benzene rings is 2. The van der Waals surface area contributed by atoms with Gasteiger partial charge in [0.2, 0.25) is 11.8 Å². The van der Waals surface area contributed by atoms with E-state index < -0.39 is 0 Å². The van der Waals surface area contributed by atoms with Gasteiger partial charge in [0, 0.05) is 17.3 Å². The second kappa shape index (κ2) is 7.15. The number of aryl methyl sites for hydroxylation is 2. The molecule has 0 saturated heterocycles. The number of carbonyl (C=O) groups excluding carboxylic acids is 1. The maximum atomic E-state index is 12.5. The molecule has 0 atom stereocenters. The van der Waals surface area contributed by atoms with Gasteiger partial charge in [-0.15, -0.1) is 0 Å². The molecule has 0 aliphatic carbocycles. The maximum absolute atomic E-state index is 12.5. The van der Waals surface area contributed by atoms with Crippen LogP contribution < -0.4 is 14.8 Å². The molecule has 1 aliphatic heterocycles. The van der Waals surface area contributed by atoms with Crippen molar-refractivity contribution in [2.45, 2.75) is 20.3 Å². The van der Waals surface area contributed by atoms with Crippen molar-refractivity contribution in [1.29, 1.82) is 0 Å². The lowest BCUT2D eigenvalue weighted by atomic mass is 10.1. The van der Waals surface area contributed by atoms with Crippen LogP contribution in [-0.4, -0.2) is 24.1 Å². The first-order valence-electron chi connectivity index (χ1n) is 8.82. The van der Waals surface area contributed by atoms with Gasteiger partial charge in [-0.25, -0.2) is 4.98 Å². The Morgan fingerprint density at radius 2 is 1.85 bits per heavy atom. The molecule has 27 heavy (non-hydrogen) atoms. The molecule has 6 nitrogen and oxygen atoms in total. The zero-order valence-corrected chi connectivity index (χ0v) is 15.2.